The highest BCUT2D eigenvalue weighted by atomic mass is 16.6. The van der Waals surface area contributed by atoms with Gasteiger partial charge in [0.25, 0.3) is 0 Å². The summed E-state index contributed by atoms with van der Waals surface area (Å²) in [7, 11) is 5.52. The molecule has 0 aromatic carbocycles. The normalized spacial score (nSPS) is 13.6. The topological polar surface area (TPSA) is 99.1 Å². The van der Waals surface area contributed by atoms with E-state index < -0.39 is 18.1 Å². The van der Waals surface area contributed by atoms with Crippen molar-refractivity contribution >= 4 is 17.9 Å². The Morgan fingerprint density at radius 3 is 1.16 bits per heavy atom. The number of carbonyl (C=O) groups excluding carboxylic acids is 2. The molecule has 67 heavy (non-hydrogen) atoms. The molecule has 0 rings (SSSR count). The zero-order chi connectivity index (χ0) is 49.2. The molecule has 8 nitrogen and oxygen atoms in total. The predicted octanol–water partition coefficient (Wildman–Crippen LogP) is 15.8. The highest BCUT2D eigenvalue weighted by Gasteiger charge is 2.31. The molecule has 0 radical (unpaired) electrons. The van der Waals surface area contributed by atoms with Gasteiger partial charge in [-0.15, -0.1) is 0 Å². The van der Waals surface area contributed by atoms with E-state index in [0.717, 1.165) is 103 Å². The van der Waals surface area contributed by atoms with Crippen molar-refractivity contribution in [3.8, 4) is 0 Å². The Bertz CT molecular complexity index is 1410. The molecule has 0 spiro atoms. The summed E-state index contributed by atoms with van der Waals surface area (Å²) in [6, 6.07) is -0.626. The molecule has 382 valence electrons. The van der Waals surface area contributed by atoms with Gasteiger partial charge in [-0.3, -0.25) is 9.59 Å². The van der Waals surface area contributed by atoms with Crippen LogP contribution in [0.3, 0.4) is 0 Å². The Balaban J connectivity index is 4.26. The van der Waals surface area contributed by atoms with Crippen LogP contribution in [0.1, 0.15) is 206 Å². The number of aliphatic carboxylic acids is 1. The minimum absolute atomic E-state index is 0.0456. The van der Waals surface area contributed by atoms with E-state index in [4.69, 9.17) is 14.2 Å². The zero-order valence-electron chi connectivity index (χ0n) is 43.6. The number of rotatable bonds is 47. The first-order chi connectivity index (χ1) is 32.6. The van der Waals surface area contributed by atoms with Crippen molar-refractivity contribution in [3.63, 3.8) is 0 Å². The van der Waals surface area contributed by atoms with Crippen LogP contribution >= 0.6 is 0 Å². The molecule has 0 bridgehead atoms. The lowest BCUT2D eigenvalue weighted by molar-refractivity contribution is -0.887. The van der Waals surface area contributed by atoms with Crippen LogP contribution in [0, 0.1) is 0 Å². The van der Waals surface area contributed by atoms with Gasteiger partial charge in [0.05, 0.1) is 34.4 Å². The van der Waals surface area contributed by atoms with E-state index in [-0.39, 0.29) is 36.2 Å². The van der Waals surface area contributed by atoms with Gasteiger partial charge in [-0.25, -0.2) is 4.79 Å². The van der Waals surface area contributed by atoms with E-state index in [2.05, 4.69) is 111 Å². The van der Waals surface area contributed by atoms with Crippen molar-refractivity contribution in [2.45, 2.75) is 219 Å². The SMILES string of the molecule is CC/C=C/C/C=C/C/C=C/C/C=C/C/C=C/CCCCCCC(=O)OC(COCCC(C(=O)O)[N+](C)(C)C)COC(=O)CCCCCCCCCCCCCCC/C=C/C/C=C/C/C=C/CC. The number of quaternary nitrogens is 1. The van der Waals surface area contributed by atoms with Crippen LogP contribution < -0.4 is 0 Å². The number of allylic oxidation sites excluding steroid dienone is 16. The zero-order valence-corrected chi connectivity index (χ0v) is 43.6. The minimum Gasteiger partial charge on any atom is -0.477 e. The van der Waals surface area contributed by atoms with Gasteiger partial charge in [0, 0.05) is 19.3 Å². The summed E-state index contributed by atoms with van der Waals surface area (Å²) in [4.78, 5) is 37.2. The quantitative estimate of drug-likeness (QED) is 0.0281. The van der Waals surface area contributed by atoms with Crippen molar-refractivity contribution in [1.29, 1.82) is 0 Å². The van der Waals surface area contributed by atoms with Gasteiger partial charge in [-0.05, 0) is 89.9 Å². The number of hydrogen-bond donors (Lipinski definition) is 1. The second-order valence-electron chi connectivity index (χ2n) is 18.7. The summed E-state index contributed by atoms with van der Waals surface area (Å²) < 4.78 is 17.4. The van der Waals surface area contributed by atoms with Crippen LogP contribution in [0.4, 0.5) is 0 Å². The molecule has 0 aromatic rings. The Hall–Kier alpha value is -3.75. The van der Waals surface area contributed by atoms with Gasteiger partial charge >= 0.3 is 17.9 Å². The molecular formula is C59H100NO7+. The maximum absolute atomic E-state index is 12.8. The van der Waals surface area contributed by atoms with Crippen molar-refractivity contribution in [2.24, 2.45) is 0 Å². The maximum atomic E-state index is 12.8. The van der Waals surface area contributed by atoms with Crippen molar-refractivity contribution in [3.05, 3.63) is 97.2 Å². The van der Waals surface area contributed by atoms with Crippen LogP contribution in [-0.4, -0.2) is 80.6 Å². The minimum atomic E-state index is -0.882. The number of nitrogens with zero attached hydrogens (tertiary/aromatic N) is 1. The summed E-state index contributed by atoms with van der Waals surface area (Å²) in [6.07, 6.45) is 66.0. The summed E-state index contributed by atoms with van der Waals surface area (Å²) in [6.45, 7) is 4.49. The first-order valence-electron chi connectivity index (χ1n) is 26.8. The third-order valence-electron chi connectivity index (χ3n) is 11.5. The van der Waals surface area contributed by atoms with Crippen LogP contribution in [-0.2, 0) is 28.6 Å². The number of hydrogen-bond acceptors (Lipinski definition) is 6. The highest BCUT2D eigenvalue weighted by molar-refractivity contribution is 5.72. The average Bonchev–Trinajstić information content (AvgIpc) is 3.29. The molecule has 1 N–H and O–H groups in total. The lowest BCUT2D eigenvalue weighted by Crippen LogP contribution is -2.50. The summed E-state index contributed by atoms with van der Waals surface area (Å²) in [5.41, 5.74) is 0. The van der Waals surface area contributed by atoms with Crippen LogP contribution in [0.2, 0.25) is 0 Å². The molecule has 0 fully saturated rings. The fraction of sp³-hybridized carbons (Fsp3) is 0.678. The number of likely N-dealkylation sites (N-methyl/N-ethyl adjacent to an activating group) is 1. The van der Waals surface area contributed by atoms with Gasteiger partial charge in [0.1, 0.15) is 6.61 Å². The molecule has 0 heterocycles. The summed E-state index contributed by atoms with van der Waals surface area (Å²) >= 11 is 0. The van der Waals surface area contributed by atoms with Gasteiger partial charge < -0.3 is 23.8 Å². The Morgan fingerprint density at radius 1 is 0.448 bits per heavy atom. The predicted molar refractivity (Wildman–Crippen MR) is 284 cm³/mol. The maximum Gasteiger partial charge on any atom is 0.362 e. The number of esters is 2. The largest absolute Gasteiger partial charge is 0.477 e. The fourth-order valence-corrected chi connectivity index (χ4v) is 7.43. The molecular weight excluding hydrogens is 835 g/mol. The molecule has 0 saturated heterocycles. The fourth-order valence-electron chi connectivity index (χ4n) is 7.43. The van der Waals surface area contributed by atoms with Crippen LogP contribution in [0.25, 0.3) is 0 Å². The molecule has 8 heteroatoms. The van der Waals surface area contributed by atoms with E-state index in [1.54, 1.807) is 0 Å². The molecule has 0 aliphatic carbocycles. The van der Waals surface area contributed by atoms with E-state index in [1.165, 1.54) is 70.6 Å². The number of carboxylic acid groups (broad SMARTS) is 1. The lowest BCUT2D eigenvalue weighted by Gasteiger charge is -2.31. The van der Waals surface area contributed by atoms with E-state index in [9.17, 15) is 19.5 Å². The molecule has 0 saturated carbocycles. The third kappa shape index (κ3) is 47.1. The van der Waals surface area contributed by atoms with Crippen LogP contribution in [0.5, 0.6) is 0 Å². The second kappa shape index (κ2) is 48.7. The number of unbranched alkanes of at least 4 members (excludes halogenated alkanes) is 17. The van der Waals surface area contributed by atoms with Gasteiger partial charge in [0.2, 0.25) is 0 Å². The van der Waals surface area contributed by atoms with Crippen molar-refractivity contribution < 1.29 is 38.2 Å². The molecule has 2 atom stereocenters. The summed E-state index contributed by atoms with van der Waals surface area (Å²) in [5, 5.41) is 9.67. The molecule has 0 amide bonds. The van der Waals surface area contributed by atoms with Crippen molar-refractivity contribution in [1.82, 2.24) is 0 Å². The monoisotopic (exact) mass is 935 g/mol. The average molecular weight is 935 g/mol. The second-order valence-corrected chi connectivity index (χ2v) is 18.7. The van der Waals surface area contributed by atoms with Gasteiger partial charge in [0.15, 0.2) is 12.1 Å². The Kier molecular flexibility index (Phi) is 46.0. The van der Waals surface area contributed by atoms with Gasteiger partial charge in [-0.2, -0.15) is 0 Å². The number of carbonyl (C=O) groups is 3. The van der Waals surface area contributed by atoms with E-state index >= 15 is 0 Å². The Labute approximate surface area is 411 Å². The first-order valence-corrected chi connectivity index (χ1v) is 26.8. The molecule has 0 aliphatic heterocycles. The number of carboxylic acids is 1. The van der Waals surface area contributed by atoms with E-state index in [0.29, 0.717) is 19.3 Å². The molecule has 0 aromatic heterocycles. The van der Waals surface area contributed by atoms with Crippen LogP contribution in [0.15, 0.2) is 97.2 Å². The lowest BCUT2D eigenvalue weighted by atomic mass is 10.0. The summed E-state index contributed by atoms with van der Waals surface area (Å²) in [5.74, 6) is -1.51. The molecule has 0 aliphatic rings. The first kappa shape index (κ1) is 63.2. The number of ether oxygens (including phenoxy) is 3. The standard InChI is InChI=1S/C59H99NO7/c1-6-8-10-12-14-16-18-20-22-24-26-28-29-30-32-33-35-37-39-41-43-45-47-49-57(61)66-54-55(53-65-52-51-56(59(63)64)60(3,4)5)67-58(62)50-48-46-44-42-40-38-36-34-31-27-25-23-21-19-17-15-13-11-9-7-2/h8-11,14-17,20-23,27,31,36,38,55-56H,6-7,12-13,18-19,24-26,28-30,32-35,37,39-54H2,1-5H3/p+1/b10-8+,11-9+,16-14+,17-15+,22-20+,23-21+,31-27+,38-36+. The van der Waals surface area contributed by atoms with Crippen molar-refractivity contribution in [2.75, 3.05) is 41.0 Å². The Morgan fingerprint density at radius 2 is 0.791 bits per heavy atom. The molecule has 2 unspecified atom stereocenters. The van der Waals surface area contributed by atoms with E-state index in [1.807, 2.05) is 21.1 Å². The highest BCUT2D eigenvalue weighted by Crippen LogP contribution is 2.15. The third-order valence-corrected chi connectivity index (χ3v) is 11.5. The smallest absolute Gasteiger partial charge is 0.362 e. The van der Waals surface area contributed by atoms with Gasteiger partial charge in [-0.1, -0.05) is 195 Å².